The third-order valence-corrected chi connectivity index (χ3v) is 4.86. The number of nitrogens with one attached hydrogen (secondary N) is 1. The molecule has 2 heterocycles. The van der Waals surface area contributed by atoms with Crippen molar-refractivity contribution in [2.75, 3.05) is 26.3 Å². The first-order valence-corrected chi connectivity index (χ1v) is 8.61. The second-order valence-electron chi connectivity index (χ2n) is 6.65. The number of carbonyl (C=O) groups is 2. The van der Waals surface area contributed by atoms with Crippen LogP contribution in [0.4, 0.5) is 4.79 Å². The fourth-order valence-corrected chi connectivity index (χ4v) is 3.27. The van der Waals surface area contributed by atoms with Crippen LogP contribution in [-0.4, -0.2) is 48.3 Å². The first kappa shape index (κ1) is 17.7. The van der Waals surface area contributed by atoms with Crippen molar-refractivity contribution in [3.05, 3.63) is 22.7 Å². The van der Waals surface area contributed by atoms with Gasteiger partial charge in [0.05, 0.1) is 23.7 Å². The SMILES string of the molecule is CC1(C(=O)O)CCN(C(=O)NCc2cc(Cl)c3c(c2)OCCCO3)C1. The van der Waals surface area contributed by atoms with Crippen LogP contribution in [0.5, 0.6) is 11.5 Å². The molecule has 1 fully saturated rings. The van der Waals surface area contributed by atoms with Crippen LogP contribution >= 0.6 is 11.6 Å². The zero-order valence-electron chi connectivity index (χ0n) is 14.0. The van der Waals surface area contributed by atoms with Gasteiger partial charge in [-0.05, 0) is 31.0 Å². The first-order chi connectivity index (χ1) is 11.9. The summed E-state index contributed by atoms with van der Waals surface area (Å²) in [4.78, 5) is 25.1. The number of benzene rings is 1. The number of aliphatic carboxylic acids is 1. The summed E-state index contributed by atoms with van der Waals surface area (Å²) in [7, 11) is 0. The van der Waals surface area contributed by atoms with E-state index in [1.165, 1.54) is 4.90 Å². The number of nitrogens with zero attached hydrogens (tertiary/aromatic N) is 1. The van der Waals surface area contributed by atoms with Crippen molar-refractivity contribution in [3.8, 4) is 11.5 Å². The molecule has 1 aromatic carbocycles. The Morgan fingerprint density at radius 2 is 2.12 bits per heavy atom. The van der Waals surface area contributed by atoms with Crippen molar-refractivity contribution in [1.29, 1.82) is 0 Å². The number of rotatable bonds is 3. The number of urea groups is 1. The molecule has 1 atom stereocenters. The fraction of sp³-hybridized carbons (Fsp3) is 0.529. The van der Waals surface area contributed by atoms with E-state index in [1.54, 1.807) is 19.1 Å². The van der Waals surface area contributed by atoms with Crippen molar-refractivity contribution in [2.45, 2.75) is 26.3 Å². The maximum absolute atomic E-state index is 12.3. The van der Waals surface area contributed by atoms with Gasteiger partial charge >= 0.3 is 12.0 Å². The molecular formula is C17H21ClN2O5. The number of fused-ring (bicyclic) bond motifs is 1. The number of hydrogen-bond donors (Lipinski definition) is 2. The molecule has 2 N–H and O–H groups in total. The number of carbonyl (C=O) groups excluding carboxylic acids is 1. The Hall–Kier alpha value is -2.15. The largest absolute Gasteiger partial charge is 0.489 e. The highest BCUT2D eigenvalue weighted by Gasteiger charge is 2.42. The Morgan fingerprint density at radius 1 is 1.36 bits per heavy atom. The summed E-state index contributed by atoms with van der Waals surface area (Å²) in [5.41, 5.74) is -0.0848. The Labute approximate surface area is 150 Å². The van der Waals surface area contributed by atoms with Crippen molar-refractivity contribution in [1.82, 2.24) is 10.2 Å². The van der Waals surface area contributed by atoms with E-state index in [0.717, 1.165) is 12.0 Å². The minimum absolute atomic E-state index is 0.204. The van der Waals surface area contributed by atoms with Gasteiger partial charge in [0.15, 0.2) is 11.5 Å². The molecule has 1 unspecified atom stereocenters. The van der Waals surface area contributed by atoms with Crippen LogP contribution in [0.3, 0.4) is 0 Å². The highest BCUT2D eigenvalue weighted by Crippen LogP contribution is 2.38. The second-order valence-corrected chi connectivity index (χ2v) is 7.06. The lowest BCUT2D eigenvalue weighted by molar-refractivity contribution is -0.147. The fourth-order valence-electron chi connectivity index (χ4n) is 2.98. The van der Waals surface area contributed by atoms with Gasteiger partial charge < -0.3 is 24.8 Å². The molecule has 0 saturated carbocycles. The summed E-state index contributed by atoms with van der Waals surface area (Å²) in [6.45, 7) is 3.68. The molecule has 0 radical (unpaired) electrons. The highest BCUT2D eigenvalue weighted by molar-refractivity contribution is 6.32. The quantitative estimate of drug-likeness (QED) is 0.855. The van der Waals surface area contributed by atoms with Crippen LogP contribution in [-0.2, 0) is 11.3 Å². The van der Waals surface area contributed by atoms with Gasteiger partial charge in [-0.3, -0.25) is 4.79 Å². The molecule has 2 amide bonds. The number of hydrogen-bond acceptors (Lipinski definition) is 4. The van der Waals surface area contributed by atoms with Crippen molar-refractivity contribution in [3.63, 3.8) is 0 Å². The molecule has 1 saturated heterocycles. The van der Waals surface area contributed by atoms with Gasteiger partial charge in [0.25, 0.3) is 0 Å². The standard InChI is InChI=1S/C17H21ClN2O5/c1-17(15(21)22)3-4-20(10-17)16(23)19-9-11-7-12(18)14-13(8-11)24-5-2-6-25-14/h7-8H,2-6,9-10H2,1H3,(H,19,23)(H,21,22). The first-order valence-electron chi connectivity index (χ1n) is 8.23. The van der Waals surface area contributed by atoms with Crippen molar-refractivity contribution < 1.29 is 24.2 Å². The number of carboxylic acid groups (broad SMARTS) is 1. The lowest BCUT2D eigenvalue weighted by atomic mass is 9.90. The number of likely N-dealkylation sites (tertiary alicyclic amines) is 1. The number of ether oxygens (including phenoxy) is 2. The van der Waals surface area contributed by atoms with E-state index in [-0.39, 0.29) is 19.1 Å². The third kappa shape index (κ3) is 3.76. The molecule has 1 aromatic rings. The monoisotopic (exact) mass is 368 g/mol. The molecular weight excluding hydrogens is 348 g/mol. The summed E-state index contributed by atoms with van der Waals surface area (Å²) in [5, 5.41) is 12.5. The molecule has 136 valence electrons. The summed E-state index contributed by atoms with van der Waals surface area (Å²) >= 11 is 6.24. The maximum Gasteiger partial charge on any atom is 0.317 e. The predicted molar refractivity (Wildman–Crippen MR) is 91.2 cm³/mol. The van der Waals surface area contributed by atoms with E-state index >= 15 is 0 Å². The smallest absolute Gasteiger partial charge is 0.317 e. The van der Waals surface area contributed by atoms with Crippen LogP contribution in [0.2, 0.25) is 5.02 Å². The molecule has 2 aliphatic rings. The normalized spacial score (nSPS) is 22.4. The average Bonchev–Trinajstić information content (AvgIpc) is 2.83. The van der Waals surface area contributed by atoms with Crippen LogP contribution in [0.15, 0.2) is 12.1 Å². The zero-order chi connectivity index (χ0) is 18.0. The molecule has 0 aliphatic carbocycles. The molecule has 8 heteroatoms. The summed E-state index contributed by atoms with van der Waals surface area (Å²) in [6.07, 6.45) is 1.24. The van der Waals surface area contributed by atoms with E-state index in [1.807, 2.05) is 0 Å². The molecule has 0 bridgehead atoms. The van der Waals surface area contributed by atoms with Gasteiger partial charge in [-0.1, -0.05) is 11.6 Å². The minimum Gasteiger partial charge on any atom is -0.489 e. The van der Waals surface area contributed by atoms with Crippen LogP contribution in [0.1, 0.15) is 25.3 Å². The summed E-state index contributed by atoms with van der Waals surface area (Å²) in [5.74, 6) is 0.234. The van der Waals surface area contributed by atoms with Crippen LogP contribution < -0.4 is 14.8 Å². The Morgan fingerprint density at radius 3 is 2.84 bits per heavy atom. The van der Waals surface area contributed by atoms with Gasteiger partial charge in [0.2, 0.25) is 0 Å². The van der Waals surface area contributed by atoms with E-state index in [0.29, 0.717) is 42.7 Å². The molecule has 7 nitrogen and oxygen atoms in total. The predicted octanol–water partition coefficient (Wildman–Crippen LogP) is 2.51. The molecule has 3 rings (SSSR count). The Bertz CT molecular complexity index is 696. The number of halogens is 1. The van der Waals surface area contributed by atoms with Crippen LogP contribution in [0, 0.1) is 5.41 Å². The Balaban J connectivity index is 1.62. The van der Waals surface area contributed by atoms with Gasteiger partial charge in [0, 0.05) is 26.1 Å². The molecule has 0 spiro atoms. The highest BCUT2D eigenvalue weighted by atomic mass is 35.5. The van der Waals surface area contributed by atoms with Gasteiger partial charge in [-0.25, -0.2) is 4.79 Å². The second kappa shape index (κ2) is 7.00. The summed E-state index contributed by atoms with van der Waals surface area (Å²) in [6, 6.07) is 3.26. The Kier molecular flexibility index (Phi) is 4.94. The van der Waals surface area contributed by atoms with E-state index in [2.05, 4.69) is 5.32 Å². The lowest BCUT2D eigenvalue weighted by Gasteiger charge is -2.20. The van der Waals surface area contributed by atoms with Gasteiger partial charge in [0.1, 0.15) is 0 Å². The topological polar surface area (TPSA) is 88.1 Å². The number of amides is 2. The molecule has 0 aromatic heterocycles. The van der Waals surface area contributed by atoms with Gasteiger partial charge in [-0.15, -0.1) is 0 Å². The van der Waals surface area contributed by atoms with Crippen molar-refractivity contribution in [2.24, 2.45) is 5.41 Å². The van der Waals surface area contributed by atoms with Crippen molar-refractivity contribution >= 4 is 23.6 Å². The third-order valence-electron chi connectivity index (χ3n) is 4.58. The van der Waals surface area contributed by atoms with Crippen LogP contribution in [0.25, 0.3) is 0 Å². The average molecular weight is 369 g/mol. The van der Waals surface area contributed by atoms with Gasteiger partial charge in [-0.2, -0.15) is 0 Å². The molecule has 25 heavy (non-hydrogen) atoms. The van der Waals surface area contributed by atoms with E-state index in [4.69, 9.17) is 21.1 Å². The number of carboxylic acids is 1. The maximum atomic E-state index is 12.3. The van der Waals surface area contributed by atoms with E-state index in [9.17, 15) is 14.7 Å². The minimum atomic E-state index is -0.879. The lowest BCUT2D eigenvalue weighted by Crippen LogP contribution is -2.40. The summed E-state index contributed by atoms with van der Waals surface area (Å²) < 4.78 is 11.2. The van der Waals surface area contributed by atoms with E-state index < -0.39 is 11.4 Å². The zero-order valence-corrected chi connectivity index (χ0v) is 14.8. The molecule has 2 aliphatic heterocycles.